The number of hydrogen-bond donors (Lipinski definition) is 1. The summed E-state index contributed by atoms with van der Waals surface area (Å²) >= 11 is 0. The molecule has 0 aliphatic carbocycles. The number of pyridine rings is 2. The van der Waals surface area contributed by atoms with E-state index in [0.717, 1.165) is 30.5 Å². The Morgan fingerprint density at radius 3 is 2.47 bits per heavy atom. The lowest BCUT2D eigenvalue weighted by atomic mass is 10.0. The van der Waals surface area contributed by atoms with Crippen molar-refractivity contribution in [3.8, 4) is 0 Å². The number of imidazole rings is 1. The van der Waals surface area contributed by atoms with E-state index in [1.807, 2.05) is 0 Å². The van der Waals surface area contributed by atoms with E-state index in [2.05, 4.69) is 9.97 Å². The summed E-state index contributed by atoms with van der Waals surface area (Å²) in [6, 6.07) is 6.65. The van der Waals surface area contributed by atoms with Crippen LogP contribution in [0.25, 0.3) is 16.6 Å². The average Bonchev–Trinajstić information content (AvgIpc) is 3.38. The Kier molecular flexibility index (Phi) is 4.85. The highest BCUT2D eigenvalue weighted by Crippen LogP contribution is 2.29. The molecule has 0 fully saturated rings. The topological polar surface area (TPSA) is 72.2 Å². The van der Waals surface area contributed by atoms with Crippen molar-refractivity contribution in [2.45, 2.75) is 12.7 Å². The van der Waals surface area contributed by atoms with Crippen LogP contribution in [0.15, 0.2) is 66.0 Å². The van der Waals surface area contributed by atoms with Crippen molar-refractivity contribution in [1.29, 1.82) is 0 Å². The van der Waals surface area contributed by atoms with Crippen LogP contribution in [0.5, 0.6) is 0 Å². The smallest absolute Gasteiger partial charge is 0.356 e. The molecule has 4 heterocycles. The van der Waals surface area contributed by atoms with Gasteiger partial charge in [0.15, 0.2) is 0 Å². The third-order valence-electron chi connectivity index (χ3n) is 5.41. The number of H-pyrrole nitrogens is 1. The number of carbonyl (C=O) groups is 1. The van der Waals surface area contributed by atoms with Gasteiger partial charge >= 0.3 is 6.18 Å². The first-order valence-electron chi connectivity index (χ1n) is 9.87. The number of rotatable bonds is 4. The van der Waals surface area contributed by atoms with Gasteiger partial charge in [-0.1, -0.05) is 6.07 Å². The van der Waals surface area contributed by atoms with Crippen LogP contribution in [0.3, 0.4) is 0 Å². The Labute approximate surface area is 186 Å². The highest BCUT2D eigenvalue weighted by Gasteiger charge is 2.31. The van der Waals surface area contributed by atoms with E-state index in [1.165, 1.54) is 39.7 Å². The monoisotopic (exact) mass is 472 g/mol. The maximum Gasteiger partial charge on any atom is 0.417 e. The van der Waals surface area contributed by atoms with Gasteiger partial charge in [0.05, 0.1) is 23.4 Å². The highest BCUT2D eigenvalue weighted by molar-refractivity contribution is 6.16. The molecule has 5 rings (SSSR count). The predicted octanol–water partition coefficient (Wildman–Crippen LogP) is 4.55. The molecule has 11 heteroatoms. The van der Waals surface area contributed by atoms with Gasteiger partial charge in [0.2, 0.25) is 5.78 Å². The quantitative estimate of drug-likeness (QED) is 0.308. The molecule has 1 aromatic carbocycles. The molecule has 0 radical (unpaired) electrons. The van der Waals surface area contributed by atoms with Gasteiger partial charge in [-0.05, 0) is 30.3 Å². The van der Waals surface area contributed by atoms with E-state index in [-0.39, 0.29) is 28.7 Å². The van der Waals surface area contributed by atoms with E-state index < -0.39 is 40.3 Å². The summed E-state index contributed by atoms with van der Waals surface area (Å²) in [4.78, 5) is 32.6. The van der Waals surface area contributed by atoms with Crippen molar-refractivity contribution in [1.82, 2.24) is 18.9 Å². The summed E-state index contributed by atoms with van der Waals surface area (Å²) in [5.41, 5.74) is -1.54. The van der Waals surface area contributed by atoms with Crippen LogP contribution in [0, 0.1) is 11.6 Å². The molecular formula is C23H13F5N4O2. The predicted molar refractivity (Wildman–Crippen MR) is 112 cm³/mol. The number of halogens is 5. The maximum absolute atomic E-state index is 14.0. The average molecular weight is 472 g/mol. The van der Waals surface area contributed by atoms with E-state index >= 15 is 0 Å². The zero-order valence-electron chi connectivity index (χ0n) is 17.0. The zero-order valence-corrected chi connectivity index (χ0v) is 17.0. The molecule has 0 bridgehead atoms. The molecule has 5 aromatic rings. The summed E-state index contributed by atoms with van der Waals surface area (Å²) < 4.78 is 69.4. The largest absolute Gasteiger partial charge is 0.417 e. The summed E-state index contributed by atoms with van der Waals surface area (Å²) in [6.07, 6.45) is 0.357. The lowest BCUT2D eigenvalue weighted by Crippen LogP contribution is -2.20. The Hall–Kier alpha value is -4.28. The number of hydrogen-bond acceptors (Lipinski definition) is 3. The number of aromatic amines is 1. The SMILES string of the molecule is O=C(c1c(F)cccc1F)c1c[nH]c2c(=O)n(Cc3cn4cc(C(F)(F)F)ccc4n3)ccc12. The van der Waals surface area contributed by atoms with Gasteiger partial charge in [0.1, 0.15) is 22.8 Å². The standard InChI is InChI=1S/C23H13F5N4O2/c24-16-2-1-3-17(25)19(16)21(33)15-8-29-20-14(15)6-7-31(22(20)34)10-13-11-32-9-12(23(26,27)28)4-5-18(32)30-13/h1-9,11,29H,10H2. The van der Waals surface area contributed by atoms with Gasteiger partial charge in [-0.25, -0.2) is 13.8 Å². The number of alkyl halides is 3. The van der Waals surface area contributed by atoms with Crippen LogP contribution >= 0.6 is 0 Å². The first-order chi connectivity index (χ1) is 16.1. The Bertz CT molecular complexity index is 1620. The number of carbonyl (C=O) groups excluding carboxylic acids is 1. The molecule has 172 valence electrons. The number of aromatic nitrogens is 4. The molecule has 6 nitrogen and oxygen atoms in total. The minimum atomic E-state index is -4.51. The summed E-state index contributed by atoms with van der Waals surface area (Å²) in [5, 5.41) is 0.179. The third kappa shape index (κ3) is 3.54. The number of ketones is 1. The third-order valence-corrected chi connectivity index (χ3v) is 5.41. The Morgan fingerprint density at radius 2 is 1.76 bits per heavy atom. The lowest BCUT2D eigenvalue weighted by molar-refractivity contribution is -0.137. The molecule has 0 atom stereocenters. The molecule has 34 heavy (non-hydrogen) atoms. The second kappa shape index (κ2) is 7.65. The van der Waals surface area contributed by atoms with Crippen molar-refractivity contribution in [3.05, 3.63) is 106 Å². The Balaban J connectivity index is 1.50. The van der Waals surface area contributed by atoms with Crippen LogP contribution in [-0.2, 0) is 12.7 Å². The van der Waals surface area contributed by atoms with Crippen LogP contribution in [0.1, 0.15) is 27.2 Å². The molecule has 0 amide bonds. The van der Waals surface area contributed by atoms with E-state index in [4.69, 9.17) is 0 Å². The first-order valence-corrected chi connectivity index (χ1v) is 9.87. The van der Waals surface area contributed by atoms with Crippen LogP contribution in [0.2, 0.25) is 0 Å². The summed E-state index contributed by atoms with van der Waals surface area (Å²) in [7, 11) is 0. The normalized spacial score (nSPS) is 12.0. The molecule has 0 aliphatic rings. The zero-order chi connectivity index (χ0) is 24.2. The van der Waals surface area contributed by atoms with E-state index in [9.17, 15) is 31.5 Å². The number of benzene rings is 1. The van der Waals surface area contributed by atoms with Gasteiger partial charge in [-0.3, -0.25) is 9.59 Å². The first kappa shape index (κ1) is 21.6. The highest BCUT2D eigenvalue weighted by atomic mass is 19.4. The van der Waals surface area contributed by atoms with Crippen LogP contribution < -0.4 is 5.56 Å². The van der Waals surface area contributed by atoms with Gasteiger partial charge in [-0.2, -0.15) is 13.2 Å². The fourth-order valence-electron chi connectivity index (χ4n) is 3.78. The van der Waals surface area contributed by atoms with Crippen molar-refractivity contribution in [2.24, 2.45) is 0 Å². The lowest BCUT2D eigenvalue weighted by Gasteiger charge is -2.06. The molecule has 0 aliphatic heterocycles. The maximum atomic E-state index is 14.0. The fourth-order valence-corrected chi connectivity index (χ4v) is 3.78. The molecule has 1 N–H and O–H groups in total. The number of fused-ring (bicyclic) bond motifs is 2. The minimum absolute atomic E-state index is 0.0331. The number of nitrogens with zero attached hydrogens (tertiary/aromatic N) is 3. The van der Waals surface area contributed by atoms with Crippen molar-refractivity contribution < 1.29 is 26.7 Å². The molecule has 4 aromatic heterocycles. The fraction of sp³-hybridized carbons (Fsp3) is 0.0870. The second-order valence-corrected chi connectivity index (χ2v) is 7.58. The van der Waals surface area contributed by atoms with Crippen molar-refractivity contribution in [3.63, 3.8) is 0 Å². The molecule has 0 saturated heterocycles. The van der Waals surface area contributed by atoms with E-state index in [1.54, 1.807) is 0 Å². The van der Waals surface area contributed by atoms with E-state index in [0.29, 0.717) is 5.69 Å². The van der Waals surface area contributed by atoms with Crippen LogP contribution in [-0.4, -0.2) is 24.7 Å². The van der Waals surface area contributed by atoms with Gasteiger partial charge < -0.3 is 14.0 Å². The van der Waals surface area contributed by atoms with Crippen molar-refractivity contribution in [2.75, 3.05) is 0 Å². The van der Waals surface area contributed by atoms with Crippen molar-refractivity contribution >= 4 is 22.3 Å². The summed E-state index contributed by atoms with van der Waals surface area (Å²) in [5.74, 6) is -2.96. The molecular weight excluding hydrogens is 459 g/mol. The second-order valence-electron chi connectivity index (χ2n) is 7.58. The summed E-state index contributed by atoms with van der Waals surface area (Å²) in [6.45, 7) is -0.0535. The van der Waals surface area contributed by atoms with Gasteiger partial charge in [-0.15, -0.1) is 0 Å². The molecule has 0 unspecified atom stereocenters. The van der Waals surface area contributed by atoms with Gasteiger partial charge in [0.25, 0.3) is 5.56 Å². The Morgan fingerprint density at radius 1 is 1.03 bits per heavy atom. The minimum Gasteiger partial charge on any atom is -0.356 e. The van der Waals surface area contributed by atoms with Crippen LogP contribution in [0.4, 0.5) is 22.0 Å². The molecule has 0 saturated carbocycles. The molecule has 0 spiro atoms. The number of nitrogens with one attached hydrogen (secondary N) is 1. The van der Waals surface area contributed by atoms with Gasteiger partial charge in [0, 0.05) is 35.7 Å².